The highest BCUT2D eigenvalue weighted by Gasteiger charge is 2.37. The van der Waals surface area contributed by atoms with Crippen LogP contribution in [0.3, 0.4) is 0 Å². The monoisotopic (exact) mass is 607 g/mol. The zero-order valence-electron chi connectivity index (χ0n) is 28.3. The standard InChI is InChI=1S/C45H53N/c1-3-5-7-9-11-14-23-36-33-34-41-40-30-20-21-31-42(40)45(44(41)39(36)29-17-12-10-8-6-4-2)46(37-26-15-13-16-27-37)43-32-22-25-35-24-18-19-28-38(35)43/h13,15-16,18-22,24-28,30-34,45H,3-12,14,17,23,29H2,1-2H3. The molecule has 0 fully saturated rings. The molecule has 0 saturated carbocycles. The number of fused-ring (bicyclic) bond motifs is 4. The maximum Gasteiger partial charge on any atom is 0.0859 e. The summed E-state index contributed by atoms with van der Waals surface area (Å²) >= 11 is 0. The fourth-order valence-corrected chi connectivity index (χ4v) is 7.80. The van der Waals surface area contributed by atoms with E-state index in [0.29, 0.717) is 0 Å². The minimum atomic E-state index is 0.124. The highest BCUT2D eigenvalue weighted by molar-refractivity contribution is 5.97. The highest BCUT2D eigenvalue weighted by atomic mass is 15.2. The number of hydrogen-bond acceptors (Lipinski definition) is 1. The maximum absolute atomic E-state index is 2.66. The fraction of sp³-hybridized carbons (Fsp3) is 0.378. The van der Waals surface area contributed by atoms with E-state index in [4.69, 9.17) is 0 Å². The molecule has 0 amide bonds. The van der Waals surface area contributed by atoms with E-state index in [2.05, 4.69) is 128 Å². The molecule has 0 heterocycles. The average molecular weight is 608 g/mol. The van der Waals surface area contributed by atoms with Crippen LogP contribution in [0.5, 0.6) is 0 Å². The molecule has 0 aliphatic heterocycles. The normalized spacial score (nSPS) is 13.6. The van der Waals surface area contributed by atoms with Crippen LogP contribution < -0.4 is 4.90 Å². The van der Waals surface area contributed by atoms with Crippen molar-refractivity contribution in [1.82, 2.24) is 0 Å². The largest absolute Gasteiger partial charge is 0.329 e. The Hall–Kier alpha value is -3.84. The summed E-state index contributed by atoms with van der Waals surface area (Å²) in [5, 5.41) is 2.59. The molecule has 6 rings (SSSR count). The van der Waals surface area contributed by atoms with Gasteiger partial charge in [0.15, 0.2) is 0 Å². The molecular formula is C45H53N. The topological polar surface area (TPSA) is 3.24 Å². The average Bonchev–Trinajstić information content (AvgIpc) is 3.43. The van der Waals surface area contributed by atoms with E-state index in [0.717, 1.165) is 0 Å². The van der Waals surface area contributed by atoms with Crippen LogP contribution in [-0.4, -0.2) is 0 Å². The third-order valence-corrected chi connectivity index (χ3v) is 10.2. The first kappa shape index (κ1) is 32.1. The predicted octanol–water partition coefficient (Wildman–Crippen LogP) is 13.6. The van der Waals surface area contributed by atoms with Crippen molar-refractivity contribution in [3.63, 3.8) is 0 Å². The molecular weight excluding hydrogens is 555 g/mol. The Balaban J connectivity index is 1.47. The lowest BCUT2D eigenvalue weighted by Gasteiger charge is -2.35. The zero-order chi connectivity index (χ0) is 31.6. The van der Waals surface area contributed by atoms with E-state index in [-0.39, 0.29) is 6.04 Å². The number of aryl methyl sites for hydroxylation is 1. The number of hydrogen-bond donors (Lipinski definition) is 0. The third kappa shape index (κ3) is 7.10. The molecule has 0 bridgehead atoms. The van der Waals surface area contributed by atoms with Crippen molar-refractivity contribution < 1.29 is 0 Å². The van der Waals surface area contributed by atoms with Gasteiger partial charge >= 0.3 is 0 Å². The molecule has 0 aromatic heterocycles. The van der Waals surface area contributed by atoms with Crippen molar-refractivity contribution in [1.29, 1.82) is 0 Å². The fourth-order valence-electron chi connectivity index (χ4n) is 7.80. The van der Waals surface area contributed by atoms with Crippen LogP contribution in [0.25, 0.3) is 21.9 Å². The lowest BCUT2D eigenvalue weighted by Crippen LogP contribution is -2.25. The Morgan fingerprint density at radius 1 is 0.500 bits per heavy atom. The van der Waals surface area contributed by atoms with Crippen LogP contribution in [0.1, 0.15) is 119 Å². The second kappa shape index (κ2) is 16.1. The molecule has 5 aromatic carbocycles. The number of nitrogens with zero attached hydrogens (tertiary/aromatic N) is 1. The smallest absolute Gasteiger partial charge is 0.0859 e. The summed E-state index contributed by atoms with van der Waals surface area (Å²) in [6.45, 7) is 4.62. The Morgan fingerprint density at radius 3 is 1.91 bits per heavy atom. The minimum Gasteiger partial charge on any atom is -0.329 e. The first-order valence-electron chi connectivity index (χ1n) is 18.4. The second-order valence-corrected chi connectivity index (χ2v) is 13.4. The third-order valence-electron chi connectivity index (χ3n) is 10.2. The van der Waals surface area contributed by atoms with Gasteiger partial charge in [-0.15, -0.1) is 0 Å². The lowest BCUT2D eigenvalue weighted by molar-refractivity contribution is 0.597. The van der Waals surface area contributed by atoms with Gasteiger partial charge in [0.05, 0.1) is 6.04 Å². The molecule has 0 spiro atoms. The van der Waals surface area contributed by atoms with Crippen LogP contribution in [-0.2, 0) is 12.8 Å². The summed E-state index contributed by atoms with van der Waals surface area (Å²) in [6.07, 6.45) is 18.4. The van der Waals surface area contributed by atoms with Gasteiger partial charge in [0.25, 0.3) is 0 Å². The van der Waals surface area contributed by atoms with Crippen LogP contribution in [0.2, 0.25) is 0 Å². The van der Waals surface area contributed by atoms with Crippen molar-refractivity contribution in [3.05, 3.63) is 131 Å². The minimum absolute atomic E-state index is 0.124. The van der Waals surface area contributed by atoms with Crippen molar-refractivity contribution >= 4 is 22.1 Å². The SMILES string of the molecule is CCCCCCCCc1ccc2c(c1CCCCCCCC)C(N(c1ccccc1)c1cccc3ccccc13)c1ccccc1-2. The van der Waals surface area contributed by atoms with Crippen LogP contribution in [0.15, 0.2) is 109 Å². The quantitative estimate of drug-likeness (QED) is 0.0951. The Kier molecular flexibility index (Phi) is 11.3. The molecule has 0 saturated heterocycles. The van der Waals surface area contributed by atoms with E-state index in [1.807, 2.05) is 0 Å². The van der Waals surface area contributed by atoms with Gasteiger partial charge in [-0.2, -0.15) is 0 Å². The van der Waals surface area contributed by atoms with Crippen molar-refractivity contribution in [2.75, 3.05) is 4.90 Å². The van der Waals surface area contributed by atoms with Gasteiger partial charge in [0, 0.05) is 16.8 Å². The van der Waals surface area contributed by atoms with E-state index < -0.39 is 0 Å². The van der Waals surface area contributed by atoms with E-state index in [1.54, 1.807) is 16.7 Å². The molecule has 238 valence electrons. The first-order valence-corrected chi connectivity index (χ1v) is 18.4. The molecule has 1 aliphatic carbocycles. The van der Waals surface area contributed by atoms with Gasteiger partial charge < -0.3 is 4.90 Å². The second-order valence-electron chi connectivity index (χ2n) is 13.4. The van der Waals surface area contributed by atoms with Gasteiger partial charge in [0.1, 0.15) is 0 Å². The molecule has 1 heteroatoms. The number of anilines is 2. The summed E-state index contributed by atoms with van der Waals surface area (Å²) < 4.78 is 0. The highest BCUT2D eigenvalue weighted by Crippen LogP contribution is 2.53. The predicted molar refractivity (Wildman–Crippen MR) is 200 cm³/mol. The van der Waals surface area contributed by atoms with E-state index in [9.17, 15) is 0 Å². The lowest BCUT2D eigenvalue weighted by atomic mass is 9.87. The molecule has 1 aliphatic rings. The van der Waals surface area contributed by atoms with Crippen LogP contribution in [0, 0.1) is 0 Å². The molecule has 5 aromatic rings. The summed E-state index contributed by atoms with van der Waals surface area (Å²) in [6, 6.07) is 41.2. The molecule has 0 radical (unpaired) electrons. The summed E-state index contributed by atoms with van der Waals surface area (Å²) in [5.74, 6) is 0. The maximum atomic E-state index is 2.66. The molecule has 1 atom stereocenters. The van der Waals surface area contributed by atoms with Gasteiger partial charge in [0.2, 0.25) is 0 Å². The van der Waals surface area contributed by atoms with Crippen molar-refractivity contribution in [2.45, 2.75) is 110 Å². The van der Waals surface area contributed by atoms with E-state index in [1.165, 1.54) is 129 Å². The molecule has 1 nitrogen and oxygen atoms in total. The van der Waals surface area contributed by atoms with Crippen molar-refractivity contribution in [2.24, 2.45) is 0 Å². The summed E-state index contributed by atoms with van der Waals surface area (Å²) in [5.41, 5.74) is 11.6. The Morgan fingerprint density at radius 2 is 1.13 bits per heavy atom. The van der Waals surface area contributed by atoms with Gasteiger partial charge in [-0.1, -0.05) is 169 Å². The number of unbranched alkanes of at least 4 members (excludes halogenated alkanes) is 10. The van der Waals surface area contributed by atoms with Crippen molar-refractivity contribution in [3.8, 4) is 11.1 Å². The molecule has 0 N–H and O–H groups in total. The van der Waals surface area contributed by atoms with Gasteiger partial charge in [-0.25, -0.2) is 0 Å². The van der Waals surface area contributed by atoms with Gasteiger partial charge in [-0.3, -0.25) is 0 Å². The first-order chi connectivity index (χ1) is 22.8. The van der Waals surface area contributed by atoms with Crippen LogP contribution >= 0.6 is 0 Å². The van der Waals surface area contributed by atoms with Gasteiger partial charge in [-0.05, 0) is 82.6 Å². The number of para-hydroxylation sites is 1. The Labute approximate surface area is 278 Å². The number of rotatable bonds is 17. The zero-order valence-corrected chi connectivity index (χ0v) is 28.3. The molecule has 46 heavy (non-hydrogen) atoms. The summed E-state index contributed by atoms with van der Waals surface area (Å²) in [4.78, 5) is 2.66. The molecule has 1 unspecified atom stereocenters. The van der Waals surface area contributed by atoms with E-state index >= 15 is 0 Å². The summed E-state index contributed by atoms with van der Waals surface area (Å²) in [7, 11) is 0. The number of benzene rings is 5. The van der Waals surface area contributed by atoms with Crippen LogP contribution in [0.4, 0.5) is 11.4 Å². The Bertz CT molecular complexity index is 1680.